The van der Waals surface area contributed by atoms with Gasteiger partial charge in [0.1, 0.15) is 12.1 Å². The standard InChI is InChI=1S/C22H24ClN3O3/c1-3-4-13-22(16-9-6-5-7-10-16)20(28)26(21(29)25-22)14-19(27)24-18-12-8-11-17(23)15(18)2/h5-12H,3-4,13-14H2,1-2H3,(H,24,27)(H,25,29)/t22-/m1/s1. The van der Waals surface area contributed by atoms with Crippen LogP contribution in [0.1, 0.15) is 37.3 Å². The summed E-state index contributed by atoms with van der Waals surface area (Å²) in [6, 6.07) is 13.8. The number of nitrogens with zero attached hydrogens (tertiary/aromatic N) is 1. The number of halogens is 1. The molecule has 29 heavy (non-hydrogen) atoms. The summed E-state index contributed by atoms with van der Waals surface area (Å²) >= 11 is 6.09. The third-order valence-corrected chi connectivity index (χ3v) is 5.60. The topological polar surface area (TPSA) is 78.5 Å². The molecule has 1 aliphatic rings. The molecule has 2 N–H and O–H groups in total. The van der Waals surface area contributed by atoms with Gasteiger partial charge in [0.2, 0.25) is 5.91 Å². The minimum atomic E-state index is -1.14. The van der Waals surface area contributed by atoms with E-state index in [1.807, 2.05) is 37.3 Å². The van der Waals surface area contributed by atoms with Gasteiger partial charge in [0, 0.05) is 10.7 Å². The Morgan fingerprint density at radius 1 is 1.14 bits per heavy atom. The van der Waals surface area contributed by atoms with Crippen LogP contribution in [0.4, 0.5) is 10.5 Å². The van der Waals surface area contributed by atoms with Crippen molar-refractivity contribution in [3.63, 3.8) is 0 Å². The second kappa shape index (κ2) is 8.66. The largest absolute Gasteiger partial charge is 0.325 e. The minimum Gasteiger partial charge on any atom is -0.324 e. The quantitative estimate of drug-likeness (QED) is 0.667. The van der Waals surface area contributed by atoms with E-state index in [9.17, 15) is 14.4 Å². The van der Waals surface area contributed by atoms with Gasteiger partial charge in [0.05, 0.1) is 0 Å². The van der Waals surface area contributed by atoms with Crippen molar-refractivity contribution in [2.45, 2.75) is 38.6 Å². The van der Waals surface area contributed by atoms with Crippen LogP contribution < -0.4 is 10.6 Å². The van der Waals surface area contributed by atoms with E-state index in [1.165, 1.54) is 0 Å². The van der Waals surface area contributed by atoms with E-state index in [4.69, 9.17) is 11.6 Å². The Hall–Kier alpha value is -2.86. The zero-order valence-electron chi connectivity index (χ0n) is 16.5. The molecule has 4 amide bonds. The Morgan fingerprint density at radius 2 is 1.86 bits per heavy atom. The van der Waals surface area contributed by atoms with Gasteiger partial charge >= 0.3 is 6.03 Å². The van der Waals surface area contributed by atoms with Crippen LogP contribution in [0.3, 0.4) is 0 Å². The molecule has 0 bridgehead atoms. The number of benzene rings is 2. The van der Waals surface area contributed by atoms with Crippen molar-refractivity contribution in [2.75, 3.05) is 11.9 Å². The average Bonchev–Trinajstić information content (AvgIpc) is 2.95. The smallest absolute Gasteiger partial charge is 0.324 e. The van der Waals surface area contributed by atoms with Crippen LogP contribution >= 0.6 is 11.6 Å². The molecule has 6 nitrogen and oxygen atoms in total. The molecule has 0 spiro atoms. The Bertz CT molecular complexity index is 932. The molecule has 0 aliphatic carbocycles. The predicted octanol–water partition coefficient (Wildman–Crippen LogP) is 4.22. The molecule has 1 fully saturated rings. The molecule has 7 heteroatoms. The van der Waals surface area contributed by atoms with E-state index in [-0.39, 0.29) is 6.54 Å². The first-order valence-corrected chi connectivity index (χ1v) is 10.0. The van der Waals surface area contributed by atoms with E-state index < -0.39 is 23.4 Å². The summed E-state index contributed by atoms with van der Waals surface area (Å²) in [5.74, 6) is -0.863. The number of imide groups is 1. The number of urea groups is 1. The first-order chi connectivity index (χ1) is 13.9. The molecule has 0 radical (unpaired) electrons. The fraction of sp³-hybridized carbons (Fsp3) is 0.318. The average molecular weight is 414 g/mol. The van der Waals surface area contributed by atoms with Crippen LogP contribution in [0, 0.1) is 6.92 Å². The summed E-state index contributed by atoms with van der Waals surface area (Å²) in [6.45, 7) is 3.45. The van der Waals surface area contributed by atoms with Gasteiger partial charge in [-0.1, -0.05) is 67.8 Å². The fourth-order valence-electron chi connectivity index (χ4n) is 3.52. The highest BCUT2D eigenvalue weighted by Crippen LogP contribution is 2.34. The molecule has 2 aromatic carbocycles. The van der Waals surface area contributed by atoms with Gasteiger partial charge in [-0.2, -0.15) is 0 Å². The van der Waals surface area contributed by atoms with Crippen molar-refractivity contribution >= 4 is 35.1 Å². The number of carbonyl (C=O) groups excluding carboxylic acids is 3. The molecule has 1 saturated heterocycles. The summed E-state index contributed by atoms with van der Waals surface area (Å²) in [5.41, 5.74) is 0.859. The second-order valence-corrected chi connectivity index (χ2v) is 7.56. The Morgan fingerprint density at radius 3 is 2.55 bits per heavy atom. The monoisotopic (exact) mass is 413 g/mol. The number of amides is 4. The van der Waals surface area contributed by atoms with E-state index >= 15 is 0 Å². The van der Waals surface area contributed by atoms with Crippen LogP contribution in [0.15, 0.2) is 48.5 Å². The molecule has 152 valence electrons. The number of unbranched alkanes of at least 4 members (excludes halogenated alkanes) is 1. The van der Waals surface area contributed by atoms with Crippen molar-refractivity contribution < 1.29 is 14.4 Å². The van der Waals surface area contributed by atoms with E-state index in [0.717, 1.165) is 28.9 Å². The molecule has 0 saturated carbocycles. The number of hydrogen-bond acceptors (Lipinski definition) is 3. The molecular weight excluding hydrogens is 390 g/mol. The lowest BCUT2D eigenvalue weighted by molar-refractivity contribution is -0.134. The second-order valence-electron chi connectivity index (χ2n) is 7.16. The van der Waals surface area contributed by atoms with Gasteiger partial charge in [-0.15, -0.1) is 0 Å². The molecular formula is C22H24ClN3O3. The van der Waals surface area contributed by atoms with Crippen molar-refractivity contribution in [1.82, 2.24) is 10.2 Å². The van der Waals surface area contributed by atoms with Gasteiger partial charge in [-0.3, -0.25) is 14.5 Å². The van der Waals surface area contributed by atoms with Gasteiger partial charge in [-0.25, -0.2) is 4.79 Å². The van der Waals surface area contributed by atoms with Gasteiger partial charge < -0.3 is 10.6 Å². The summed E-state index contributed by atoms with van der Waals surface area (Å²) in [7, 11) is 0. The Labute approximate surface area is 175 Å². The Kier molecular flexibility index (Phi) is 6.23. The highest BCUT2D eigenvalue weighted by atomic mass is 35.5. The molecule has 2 aromatic rings. The number of carbonyl (C=O) groups is 3. The maximum Gasteiger partial charge on any atom is 0.325 e. The van der Waals surface area contributed by atoms with Crippen molar-refractivity contribution in [3.05, 3.63) is 64.7 Å². The third kappa shape index (κ3) is 4.12. The van der Waals surface area contributed by atoms with Crippen LogP contribution in [0.2, 0.25) is 5.02 Å². The molecule has 3 rings (SSSR count). The van der Waals surface area contributed by atoms with Gasteiger partial charge in [0.15, 0.2) is 0 Å². The van der Waals surface area contributed by atoms with Crippen molar-refractivity contribution in [2.24, 2.45) is 0 Å². The normalized spacial score (nSPS) is 18.7. The van der Waals surface area contributed by atoms with Gasteiger partial charge in [-0.05, 0) is 36.6 Å². The van der Waals surface area contributed by atoms with E-state index in [1.54, 1.807) is 25.1 Å². The molecule has 0 unspecified atom stereocenters. The zero-order chi connectivity index (χ0) is 21.0. The first-order valence-electron chi connectivity index (χ1n) is 9.63. The highest BCUT2D eigenvalue weighted by Gasteiger charge is 2.52. The maximum absolute atomic E-state index is 13.3. The number of rotatable bonds is 7. The minimum absolute atomic E-state index is 0.364. The maximum atomic E-state index is 13.3. The lowest BCUT2D eigenvalue weighted by atomic mass is 9.85. The zero-order valence-corrected chi connectivity index (χ0v) is 17.3. The number of anilines is 1. The summed E-state index contributed by atoms with van der Waals surface area (Å²) in [6.07, 6.45) is 2.12. The van der Waals surface area contributed by atoms with Crippen LogP contribution in [-0.4, -0.2) is 29.3 Å². The van der Waals surface area contributed by atoms with E-state index in [2.05, 4.69) is 10.6 Å². The van der Waals surface area contributed by atoms with E-state index in [0.29, 0.717) is 17.1 Å². The van der Waals surface area contributed by atoms with Crippen LogP contribution in [0.5, 0.6) is 0 Å². The molecule has 1 heterocycles. The van der Waals surface area contributed by atoms with Crippen molar-refractivity contribution in [3.8, 4) is 0 Å². The third-order valence-electron chi connectivity index (χ3n) is 5.19. The van der Waals surface area contributed by atoms with Crippen LogP contribution in [-0.2, 0) is 15.1 Å². The SMILES string of the molecule is CCCC[C@]1(c2ccccc2)NC(=O)N(CC(=O)Nc2cccc(Cl)c2C)C1=O. The lowest BCUT2D eigenvalue weighted by Gasteiger charge is -2.27. The fourth-order valence-corrected chi connectivity index (χ4v) is 3.69. The van der Waals surface area contributed by atoms with Crippen molar-refractivity contribution in [1.29, 1.82) is 0 Å². The highest BCUT2D eigenvalue weighted by molar-refractivity contribution is 6.31. The molecule has 0 aromatic heterocycles. The molecule has 1 atom stereocenters. The summed E-state index contributed by atoms with van der Waals surface area (Å²) in [4.78, 5) is 39.5. The first kappa shape index (κ1) is 20.9. The summed E-state index contributed by atoms with van der Waals surface area (Å²) < 4.78 is 0. The number of hydrogen-bond donors (Lipinski definition) is 2. The number of nitrogens with one attached hydrogen (secondary N) is 2. The molecule has 1 aliphatic heterocycles. The Balaban J connectivity index is 1.81. The summed E-state index contributed by atoms with van der Waals surface area (Å²) in [5, 5.41) is 6.10. The lowest BCUT2D eigenvalue weighted by Crippen LogP contribution is -2.44. The van der Waals surface area contributed by atoms with Crippen LogP contribution in [0.25, 0.3) is 0 Å². The van der Waals surface area contributed by atoms with Gasteiger partial charge in [0.25, 0.3) is 5.91 Å². The predicted molar refractivity (Wildman–Crippen MR) is 113 cm³/mol.